The molecule has 3 aliphatic rings. The van der Waals surface area contributed by atoms with Gasteiger partial charge >= 0.3 is 5.97 Å². The monoisotopic (exact) mass is 383 g/mol. The third-order valence-corrected chi connectivity index (χ3v) is 6.21. The highest BCUT2D eigenvalue weighted by atomic mass is 35.5. The van der Waals surface area contributed by atoms with E-state index in [1.54, 1.807) is 48.5 Å². The maximum atomic E-state index is 12.8. The molecule has 2 aliphatic carbocycles. The molecule has 5 atom stereocenters. The Balaban J connectivity index is 1.25. The van der Waals surface area contributed by atoms with Crippen LogP contribution in [0.5, 0.6) is 11.5 Å². The molecule has 2 bridgehead atoms. The smallest absolute Gasteiger partial charge is 0.310 e. The minimum absolute atomic E-state index is 0.0425. The van der Waals surface area contributed by atoms with Crippen molar-refractivity contribution < 1.29 is 19.1 Å². The van der Waals surface area contributed by atoms with Crippen molar-refractivity contribution in [2.45, 2.75) is 18.9 Å². The number of benzene rings is 2. The van der Waals surface area contributed by atoms with Crippen LogP contribution in [0.15, 0.2) is 48.5 Å². The number of fused-ring (bicyclic) bond motifs is 1. The van der Waals surface area contributed by atoms with Gasteiger partial charge in [-0.2, -0.15) is 0 Å². The SMILES string of the molecule is O=C(Nc1ccc(Oc2ccc(Cl)cc2)cc1)C1C2CC3OC(=O)C1C3C2. The van der Waals surface area contributed by atoms with Crippen molar-refractivity contribution in [2.75, 3.05) is 5.32 Å². The Labute approximate surface area is 161 Å². The van der Waals surface area contributed by atoms with Crippen molar-refractivity contribution in [2.24, 2.45) is 23.7 Å². The van der Waals surface area contributed by atoms with E-state index in [1.165, 1.54) is 0 Å². The summed E-state index contributed by atoms with van der Waals surface area (Å²) in [6.45, 7) is 0. The van der Waals surface area contributed by atoms with Crippen molar-refractivity contribution in [3.63, 3.8) is 0 Å². The fourth-order valence-electron chi connectivity index (χ4n) is 4.83. The van der Waals surface area contributed by atoms with Gasteiger partial charge in [0.25, 0.3) is 0 Å². The second-order valence-corrected chi connectivity index (χ2v) is 7.93. The van der Waals surface area contributed by atoms with Crippen molar-refractivity contribution in [3.8, 4) is 11.5 Å². The van der Waals surface area contributed by atoms with Crippen molar-refractivity contribution in [1.29, 1.82) is 0 Å². The molecule has 27 heavy (non-hydrogen) atoms. The Morgan fingerprint density at radius 3 is 2.41 bits per heavy atom. The van der Waals surface area contributed by atoms with Gasteiger partial charge in [-0.15, -0.1) is 0 Å². The first-order chi connectivity index (χ1) is 13.1. The minimum atomic E-state index is -0.272. The third kappa shape index (κ3) is 2.86. The van der Waals surface area contributed by atoms with Gasteiger partial charge in [-0.05, 0) is 67.3 Å². The fraction of sp³-hybridized carbons (Fsp3) is 0.333. The summed E-state index contributed by atoms with van der Waals surface area (Å²) >= 11 is 5.87. The highest BCUT2D eigenvalue weighted by molar-refractivity contribution is 6.30. The first-order valence-electron chi connectivity index (χ1n) is 9.13. The van der Waals surface area contributed by atoms with E-state index >= 15 is 0 Å². The number of halogens is 1. The zero-order valence-electron chi connectivity index (χ0n) is 14.4. The van der Waals surface area contributed by atoms with Crippen LogP contribution in [0.2, 0.25) is 5.02 Å². The molecule has 0 spiro atoms. The third-order valence-electron chi connectivity index (χ3n) is 5.96. The average Bonchev–Trinajstić information content (AvgIpc) is 3.27. The molecule has 5 unspecified atom stereocenters. The topological polar surface area (TPSA) is 64.6 Å². The molecule has 2 aromatic carbocycles. The molecule has 0 aromatic heterocycles. The van der Waals surface area contributed by atoms with Gasteiger partial charge in [-0.3, -0.25) is 9.59 Å². The highest BCUT2D eigenvalue weighted by Crippen LogP contribution is 2.57. The summed E-state index contributed by atoms with van der Waals surface area (Å²) in [5.41, 5.74) is 0.689. The number of anilines is 1. The number of nitrogens with one attached hydrogen (secondary N) is 1. The number of esters is 1. The van der Waals surface area contributed by atoms with E-state index in [2.05, 4.69) is 5.32 Å². The van der Waals surface area contributed by atoms with E-state index < -0.39 is 0 Å². The summed E-state index contributed by atoms with van der Waals surface area (Å²) in [7, 11) is 0. The number of carbonyl (C=O) groups is 2. The molecule has 1 N–H and O–H groups in total. The Kier molecular flexibility index (Phi) is 3.86. The van der Waals surface area contributed by atoms with Gasteiger partial charge in [0.1, 0.15) is 17.6 Å². The molecular formula is C21H18ClNO4. The lowest BCUT2D eigenvalue weighted by atomic mass is 9.79. The van der Waals surface area contributed by atoms with E-state index in [4.69, 9.17) is 21.1 Å². The van der Waals surface area contributed by atoms with Crippen LogP contribution in [0.3, 0.4) is 0 Å². The second-order valence-electron chi connectivity index (χ2n) is 7.49. The first kappa shape index (κ1) is 16.6. The van der Waals surface area contributed by atoms with E-state index in [9.17, 15) is 9.59 Å². The van der Waals surface area contributed by atoms with Crippen LogP contribution in [0.4, 0.5) is 5.69 Å². The minimum Gasteiger partial charge on any atom is -0.462 e. The highest BCUT2D eigenvalue weighted by Gasteiger charge is 2.63. The van der Waals surface area contributed by atoms with Crippen LogP contribution in [0.25, 0.3) is 0 Å². The summed E-state index contributed by atoms with van der Waals surface area (Å²) in [6.07, 6.45) is 1.78. The van der Waals surface area contributed by atoms with Crippen molar-refractivity contribution >= 4 is 29.2 Å². The number of amides is 1. The number of ether oxygens (including phenoxy) is 2. The zero-order valence-corrected chi connectivity index (χ0v) is 15.2. The summed E-state index contributed by atoms with van der Waals surface area (Å²) in [5, 5.41) is 3.60. The van der Waals surface area contributed by atoms with Crippen molar-refractivity contribution in [3.05, 3.63) is 53.6 Å². The number of rotatable bonds is 4. The zero-order chi connectivity index (χ0) is 18.5. The lowest BCUT2D eigenvalue weighted by Gasteiger charge is -2.23. The van der Waals surface area contributed by atoms with Crippen LogP contribution < -0.4 is 10.1 Å². The molecule has 1 amide bonds. The number of hydrogen-bond acceptors (Lipinski definition) is 4. The van der Waals surface area contributed by atoms with Gasteiger partial charge in [0.15, 0.2) is 0 Å². The van der Waals surface area contributed by atoms with Gasteiger partial charge in [0, 0.05) is 16.6 Å². The van der Waals surface area contributed by atoms with Gasteiger partial charge in [-0.1, -0.05) is 11.6 Å². The van der Waals surface area contributed by atoms with Crippen LogP contribution in [0.1, 0.15) is 12.8 Å². The first-order valence-corrected chi connectivity index (χ1v) is 9.51. The van der Waals surface area contributed by atoms with Gasteiger partial charge in [-0.25, -0.2) is 0 Å². The maximum absolute atomic E-state index is 12.8. The van der Waals surface area contributed by atoms with Gasteiger partial charge in [0.05, 0.1) is 11.8 Å². The van der Waals surface area contributed by atoms with E-state index in [0.717, 1.165) is 12.8 Å². The van der Waals surface area contributed by atoms with E-state index in [-0.39, 0.29) is 41.7 Å². The molecular weight excluding hydrogens is 366 g/mol. The van der Waals surface area contributed by atoms with Crippen LogP contribution >= 0.6 is 11.6 Å². The average molecular weight is 384 g/mol. The Morgan fingerprint density at radius 1 is 1.04 bits per heavy atom. The summed E-state index contributed by atoms with van der Waals surface area (Å²) in [5.74, 6) is 1.02. The van der Waals surface area contributed by atoms with Crippen molar-refractivity contribution in [1.82, 2.24) is 0 Å². The fourth-order valence-corrected chi connectivity index (χ4v) is 4.96. The standard InChI is InChI=1S/C21H18ClNO4/c22-12-1-5-14(6-2-12)26-15-7-3-13(4-8-15)23-20(24)18-11-9-16-17(10-11)27-21(25)19(16)18/h1-8,11,16-19H,9-10H2,(H,23,24). The maximum Gasteiger partial charge on any atom is 0.310 e. The van der Waals surface area contributed by atoms with Crippen LogP contribution in [0, 0.1) is 23.7 Å². The lowest BCUT2D eigenvalue weighted by Crippen LogP contribution is -2.35. The predicted octanol–water partition coefficient (Wildman–Crippen LogP) is 4.27. The Bertz CT molecular complexity index is 893. The van der Waals surface area contributed by atoms with Crippen LogP contribution in [-0.2, 0) is 14.3 Å². The number of hydrogen-bond donors (Lipinski definition) is 1. The molecule has 1 aliphatic heterocycles. The molecule has 2 aromatic rings. The summed E-state index contributed by atoms with van der Waals surface area (Å²) < 4.78 is 11.2. The van der Waals surface area contributed by atoms with Gasteiger partial charge < -0.3 is 14.8 Å². The lowest BCUT2D eigenvalue weighted by molar-refractivity contribution is -0.145. The second kappa shape index (κ2) is 6.27. The number of carbonyl (C=O) groups excluding carboxylic acids is 2. The Morgan fingerprint density at radius 2 is 1.70 bits per heavy atom. The molecule has 5 rings (SSSR count). The normalized spacial score (nSPS) is 30.3. The van der Waals surface area contributed by atoms with Crippen LogP contribution in [-0.4, -0.2) is 18.0 Å². The molecule has 1 saturated heterocycles. The summed E-state index contributed by atoms with van der Waals surface area (Å²) in [4.78, 5) is 24.9. The molecule has 6 heteroatoms. The Hall–Kier alpha value is -2.53. The molecule has 138 valence electrons. The summed E-state index contributed by atoms with van der Waals surface area (Å²) in [6, 6.07) is 14.3. The molecule has 1 heterocycles. The largest absolute Gasteiger partial charge is 0.462 e. The molecule has 5 nitrogen and oxygen atoms in total. The molecule has 2 saturated carbocycles. The van der Waals surface area contributed by atoms with Gasteiger partial charge in [0.2, 0.25) is 5.91 Å². The molecule has 0 radical (unpaired) electrons. The quantitative estimate of drug-likeness (QED) is 0.801. The molecule has 3 fully saturated rings. The van der Waals surface area contributed by atoms with E-state index in [0.29, 0.717) is 22.2 Å². The predicted molar refractivity (Wildman–Crippen MR) is 99.7 cm³/mol. The van der Waals surface area contributed by atoms with E-state index in [1.807, 2.05) is 0 Å².